The number of hydrogen-bond acceptors (Lipinski definition) is 6. The number of aryl methyl sites for hydroxylation is 1. The minimum atomic E-state index is -1.03. The molecule has 1 aromatic heterocycles. The predicted molar refractivity (Wildman–Crippen MR) is 107 cm³/mol. The lowest BCUT2D eigenvalue weighted by molar-refractivity contribution is 0.0987. The summed E-state index contributed by atoms with van der Waals surface area (Å²) in [5.41, 5.74) is 7.26. The van der Waals surface area contributed by atoms with Crippen molar-refractivity contribution in [2.24, 2.45) is 10.7 Å². The molecule has 2 heterocycles. The van der Waals surface area contributed by atoms with E-state index in [0.717, 1.165) is 0 Å². The number of nitrogens with zero attached hydrogens (tertiary/aromatic N) is 3. The molecule has 0 bridgehead atoms. The van der Waals surface area contributed by atoms with Crippen LogP contribution in [0.5, 0.6) is 0 Å². The lowest BCUT2D eigenvalue weighted by Gasteiger charge is -2.28. The molecule has 0 spiro atoms. The van der Waals surface area contributed by atoms with E-state index in [1.165, 1.54) is 12.3 Å². The normalized spacial score (nSPS) is 18.3. The molecule has 0 saturated carbocycles. The van der Waals surface area contributed by atoms with Gasteiger partial charge in [-0.15, -0.1) is 0 Å². The van der Waals surface area contributed by atoms with Crippen LogP contribution in [0.25, 0.3) is 0 Å². The van der Waals surface area contributed by atoms with Gasteiger partial charge in [0.2, 0.25) is 0 Å². The molecule has 8 heteroatoms. The van der Waals surface area contributed by atoms with Gasteiger partial charge in [0.1, 0.15) is 29.7 Å². The van der Waals surface area contributed by atoms with Crippen molar-refractivity contribution < 1.29 is 13.9 Å². The Hall–Kier alpha value is -3.24. The molecule has 1 aliphatic rings. The molecule has 1 aliphatic heterocycles. The van der Waals surface area contributed by atoms with E-state index in [4.69, 9.17) is 27.3 Å². The van der Waals surface area contributed by atoms with Gasteiger partial charge in [0, 0.05) is 23.2 Å². The third kappa shape index (κ3) is 4.28. The van der Waals surface area contributed by atoms with Crippen LogP contribution in [0.1, 0.15) is 39.7 Å². The van der Waals surface area contributed by atoms with Crippen LogP contribution in [0.4, 0.5) is 4.39 Å². The van der Waals surface area contributed by atoms with Gasteiger partial charge in [0.15, 0.2) is 5.78 Å². The highest BCUT2D eigenvalue weighted by Crippen LogP contribution is 2.36. The molecule has 0 fully saturated rings. The number of alkyl halides is 1. The van der Waals surface area contributed by atoms with Crippen molar-refractivity contribution in [3.63, 3.8) is 0 Å². The van der Waals surface area contributed by atoms with Crippen molar-refractivity contribution in [1.29, 1.82) is 5.26 Å². The van der Waals surface area contributed by atoms with Crippen LogP contribution in [0.2, 0.25) is 5.02 Å². The first-order valence-corrected chi connectivity index (χ1v) is 9.13. The topological polar surface area (TPSA) is 101 Å². The number of nitrogens with two attached hydrogens (primary N) is 1. The Morgan fingerprint density at radius 3 is 2.83 bits per heavy atom. The maximum atomic E-state index is 13.1. The molecule has 0 amide bonds. The number of ether oxygens (including phenoxy) is 1. The number of allylic oxidation sites excluding steroid dienone is 1. The van der Waals surface area contributed by atoms with Gasteiger partial charge in [0.05, 0.1) is 5.56 Å². The summed E-state index contributed by atoms with van der Waals surface area (Å²) in [5, 5.41) is 9.35. The summed E-state index contributed by atoms with van der Waals surface area (Å²) in [5.74, 6) is -0.143. The van der Waals surface area contributed by atoms with Crippen LogP contribution >= 0.6 is 11.6 Å². The van der Waals surface area contributed by atoms with Gasteiger partial charge in [-0.3, -0.25) is 9.78 Å². The fourth-order valence-corrected chi connectivity index (χ4v) is 3.54. The number of Topliss-reactive ketones (excluding diaryl/α,β-unsaturated/α-hetero) is 1. The highest BCUT2D eigenvalue weighted by Gasteiger charge is 2.32. The zero-order valence-electron chi connectivity index (χ0n) is 15.9. The molecule has 0 aliphatic carbocycles. The second-order valence-electron chi connectivity index (χ2n) is 6.86. The largest absolute Gasteiger partial charge is 0.428 e. The highest BCUT2D eigenvalue weighted by atomic mass is 35.5. The monoisotopic (exact) mass is 412 g/mol. The number of ketones is 1. The van der Waals surface area contributed by atoms with E-state index in [1.807, 2.05) is 6.07 Å². The molecule has 0 unspecified atom stereocenters. The quantitative estimate of drug-likeness (QED) is 0.753. The van der Waals surface area contributed by atoms with E-state index in [-0.39, 0.29) is 24.0 Å². The predicted octanol–water partition coefficient (Wildman–Crippen LogP) is 3.75. The number of halogens is 2. The van der Waals surface area contributed by atoms with Gasteiger partial charge >= 0.3 is 0 Å². The molecule has 2 N–H and O–H groups in total. The number of carbonyl (C=O) groups excluding carboxylic acids is 1. The molecule has 1 aromatic carbocycles. The molecular formula is C21H18ClFN4O2. The van der Waals surface area contributed by atoms with Crippen molar-refractivity contribution in [3.05, 3.63) is 75.3 Å². The number of aromatic nitrogens is 1. The number of amidine groups is 1. The van der Waals surface area contributed by atoms with Gasteiger partial charge in [-0.1, -0.05) is 23.7 Å². The van der Waals surface area contributed by atoms with Gasteiger partial charge in [-0.2, -0.15) is 5.26 Å². The Morgan fingerprint density at radius 1 is 1.41 bits per heavy atom. The lowest BCUT2D eigenvalue weighted by atomic mass is 9.89. The summed E-state index contributed by atoms with van der Waals surface area (Å²) in [4.78, 5) is 21.1. The second kappa shape index (κ2) is 8.02. The minimum absolute atomic E-state index is 0.0509. The Balaban J connectivity index is 1.94. The molecule has 1 atom stereocenters. The highest BCUT2D eigenvalue weighted by molar-refractivity contribution is 6.31. The number of carbonyl (C=O) groups is 1. The first-order chi connectivity index (χ1) is 13.8. The van der Waals surface area contributed by atoms with Gasteiger partial charge in [-0.05, 0) is 43.2 Å². The lowest BCUT2D eigenvalue weighted by Crippen LogP contribution is -2.30. The number of nitriles is 1. The van der Waals surface area contributed by atoms with Gasteiger partial charge in [-0.25, -0.2) is 9.38 Å². The maximum absolute atomic E-state index is 13.1. The summed E-state index contributed by atoms with van der Waals surface area (Å²) in [6.07, 6.45) is 2.97. The number of benzene rings is 1. The van der Waals surface area contributed by atoms with Crippen LogP contribution in [0.3, 0.4) is 0 Å². The van der Waals surface area contributed by atoms with Crippen molar-refractivity contribution in [1.82, 2.24) is 4.98 Å². The smallest absolute Gasteiger partial charge is 0.288 e. The van der Waals surface area contributed by atoms with E-state index in [2.05, 4.69) is 9.98 Å². The standard InChI is InChI=1S/C21H18ClFN4O2/c1-12-5-14(10-24)11-26-19(12)18(28)7-13-3-4-17(22)16(6-13)21(2)8-15(9-23)29-20(25)27-21/h3-6,8,11H,7,9H2,1-2H3,(H2,25,27)/t21-/m0/s1. The Kier molecular flexibility index (Phi) is 5.66. The summed E-state index contributed by atoms with van der Waals surface area (Å²) in [6, 6.07) is 8.60. The SMILES string of the molecule is Cc1cc(C#N)cnc1C(=O)Cc1ccc(Cl)c([C@]2(C)C=C(CF)OC(N)=N2)c1. The van der Waals surface area contributed by atoms with Crippen LogP contribution < -0.4 is 5.73 Å². The zero-order chi connectivity index (χ0) is 21.2. The molecule has 0 radical (unpaired) electrons. The number of aliphatic imine (C=N–C) groups is 1. The van der Waals surface area contributed by atoms with Crippen LogP contribution in [-0.4, -0.2) is 23.5 Å². The minimum Gasteiger partial charge on any atom is -0.428 e. The Morgan fingerprint density at radius 2 is 2.17 bits per heavy atom. The average Bonchev–Trinajstić information content (AvgIpc) is 2.68. The number of rotatable bonds is 5. The molecule has 6 nitrogen and oxygen atoms in total. The molecule has 3 rings (SSSR count). The third-order valence-electron chi connectivity index (χ3n) is 4.56. The molecule has 2 aromatic rings. The third-order valence-corrected chi connectivity index (χ3v) is 4.89. The average molecular weight is 413 g/mol. The van der Waals surface area contributed by atoms with E-state index in [0.29, 0.717) is 33.0 Å². The van der Waals surface area contributed by atoms with Crippen molar-refractivity contribution in [2.75, 3.05) is 6.67 Å². The van der Waals surface area contributed by atoms with Crippen LogP contribution in [0, 0.1) is 18.3 Å². The maximum Gasteiger partial charge on any atom is 0.288 e. The van der Waals surface area contributed by atoms with Crippen LogP contribution in [-0.2, 0) is 16.7 Å². The molecule has 29 heavy (non-hydrogen) atoms. The van der Waals surface area contributed by atoms with Crippen molar-refractivity contribution in [3.8, 4) is 6.07 Å². The summed E-state index contributed by atoms with van der Waals surface area (Å²) in [7, 11) is 0. The zero-order valence-corrected chi connectivity index (χ0v) is 16.6. The van der Waals surface area contributed by atoms with E-state index >= 15 is 0 Å². The van der Waals surface area contributed by atoms with Crippen molar-refractivity contribution >= 4 is 23.4 Å². The van der Waals surface area contributed by atoms with E-state index < -0.39 is 12.2 Å². The Bertz CT molecular complexity index is 1090. The molecular weight excluding hydrogens is 395 g/mol. The van der Waals surface area contributed by atoms with E-state index in [9.17, 15) is 9.18 Å². The fourth-order valence-electron chi connectivity index (χ4n) is 3.23. The van der Waals surface area contributed by atoms with Gasteiger partial charge < -0.3 is 10.5 Å². The second-order valence-corrected chi connectivity index (χ2v) is 7.27. The summed E-state index contributed by atoms with van der Waals surface area (Å²) in [6.45, 7) is 2.64. The summed E-state index contributed by atoms with van der Waals surface area (Å²) < 4.78 is 18.2. The number of pyridine rings is 1. The number of hydrogen-bond donors (Lipinski definition) is 1. The first-order valence-electron chi connectivity index (χ1n) is 8.75. The molecule has 148 valence electrons. The molecule has 0 saturated heterocycles. The summed E-state index contributed by atoms with van der Waals surface area (Å²) >= 11 is 6.37. The van der Waals surface area contributed by atoms with E-state index in [1.54, 1.807) is 38.1 Å². The Labute approximate surface area is 172 Å². The fraction of sp³-hybridized carbons (Fsp3) is 0.238. The van der Waals surface area contributed by atoms with Gasteiger partial charge in [0.25, 0.3) is 6.02 Å². The first kappa shape index (κ1) is 20.5. The van der Waals surface area contributed by atoms with Crippen molar-refractivity contribution in [2.45, 2.75) is 25.8 Å². The van der Waals surface area contributed by atoms with Crippen LogP contribution in [0.15, 0.2) is 47.3 Å².